The third-order valence-electron chi connectivity index (χ3n) is 8.63. The van der Waals surface area contributed by atoms with Crippen LogP contribution in [0.3, 0.4) is 0 Å². The smallest absolute Gasteiger partial charge is 0.105 e. The van der Waals surface area contributed by atoms with Gasteiger partial charge in [0.1, 0.15) is 5.60 Å². The molecule has 3 heteroatoms. The molecule has 23 heavy (non-hydrogen) atoms. The van der Waals surface area contributed by atoms with Crippen molar-refractivity contribution in [3.05, 3.63) is 12.2 Å². The fourth-order valence-corrected chi connectivity index (χ4v) is 7.15. The molecule has 0 aromatic rings. The Morgan fingerprint density at radius 2 is 1.70 bits per heavy atom. The van der Waals surface area contributed by atoms with Gasteiger partial charge in [0.15, 0.2) is 0 Å². The Balaban J connectivity index is 1.81. The average Bonchev–Trinajstić information content (AvgIpc) is 2.80. The van der Waals surface area contributed by atoms with Gasteiger partial charge in [-0.25, -0.2) is 0 Å². The summed E-state index contributed by atoms with van der Waals surface area (Å²) in [5, 5.41) is 33.3. The number of fused-ring (bicyclic) bond motifs is 2. The average molecular weight is 320 g/mol. The summed E-state index contributed by atoms with van der Waals surface area (Å²) in [6, 6.07) is 0. The number of hydrogen-bond acceptors (Lipinski definition) is 3. The van der Waals surface area contributed by atoms with Crippen molar-refractivity contribution in [3.8, 4) is 0 Å². The zero-order chi connectivity index (χ0) is 16.8. The highest BCUT2D eigenvalue weighted by Crippen LogP contribution is 2.67. The molecule has 0 radical (unpaired) electrons. The van der Waals surface area contributed by atoms with Gasteiger partial charge in [-0.1, -0.05) is 32.9 Å². The molecule has 0 aliphatic heterocycles. The Kier molecular flexibility index (Phi) is 3.23. The molecule has 130 valence electrons. The first kappa shape index (κ1) is 16.1. The van der Waals surface area contributed by atoms with E-state index in [9.17, 15) is 15.3 Å². The zero-order valence-corrected chi connectivity index (χ0v) is 14.8. The van der Waals surface area contributed by atoms with Crippen molar-refractivity contribution in [1.82, 2.24) is 0 Å². The van der Waals surface area contributed by atoms with Crippen LogP contribution in [0.1, 0.15) is 59.3 Å². The standard InChI is InChI=1S/C20H32O3/c1-11-8-19-9-13(11)5-6-14(19)12(2)15-7-16(21)18(3,4)20(15,23)17(22)10-19/h11,13-17,21-23H,2,5-10H2,1,3-4H3/t11-,13+,14-,15-,16-,17+,19+,20-/m0/s1. The quantitative estimate of drug-likeness (QED) is 0.602. The third kappa shape index (κ3) is 1.77. The predicted molar refractivity (Wildman–Crippen MR) is 89.7 cm³/mol. The molecule has 0 amide bonds. The summed E-state index contributed by atoms with van der Waals surface area (Å²) in [5.41, 5.74) is -0.716. The van der Waals surface area contributed by atoms with Crippen LogP contribution in [0.5, 0.6) is 0 Å². The maximum atomic E-state index is 11.6. The zero-order valence-electron chi connectivity index (χ0n) is 14.8. The van der Waals surface area contributed by atoms with Gasteiger partial charge in [-0.3, -0.25) is 0 Å². The van der Waals surface area contributed by atoms with Crippen LogP contribution in [-0.4, -0.2) is 33.1 Å². The molecular formula is C20H32O3. The first-order chi connectivity index (χ1) is 10.6. The lowest BCUT2D eigenvalue weighted by Gasteiger charge is -2.45. The first-order valence-corrected chi connectivity index (χ1v) is 9.40. The topological polar surface area (TPSA) is 60.7 Å². The van der Waals surface area contributed by atoms with Gasteiger partial charge >= 0.3 is 0 Å². The van der Waals surface area contributed by atoms with Crippen molar-refractivity contribution >= 4 is 0 Å². The minimum absolute atomic E-state index is 0.125. The Morgan fingerprint density at radius 1 is 1.00 bits per heavy atom. The molecule has 0 aromatic heterocycles. The summed E-state index contributed by atoms with van der Waals surface area (Å²) < 4.78 is 0. The Labute approximate surface area is 139 Å². The van der Waals surface area contributed by atoms with Gasteiger partial charge in [-0.15, -0.1) is 0 Å². The molecule has 0 saturated heterocycles. The van der Waals surface area contributed by atoms with Gasteiger partial charge in [-0.05, 0) is 61.7 Å². The lowest BCUT2D eigenvalue weighted by Crippen LogP contribution is -2.56. The summed E-state index contributed by atoms with van der Waals surface area (Å²) >= 11 is 0. The molecule has 3 nitrogen and oxygen atoms in total. The number of rotatable bonds is 0. The molecule has 4 aliphatic rings. The van der Waals surface area contributed by atoms with Crippen molar-refractivity contribution in [3.63, 3.8) is 0 Å². The molecule has 0 aromatic carbocycles. The van der Waals surface area contributed by atoms with Crippen molar-refractivity contribution < 1.29 is 15.3 Å². The van der Waals surface area contributed by atoms with Crippen LogP contribution in [-0.2, 0) is 0 Å². The molecule has 4 rings (SSSR count). The summed E-state index contributed by atoms with van der Waals surface area (Å²) in [7, 11) is 0. The summed E-state index contributed by atoms with van der Waals surface area (Å²) in [6.45, 7) is 10.6. The molecule has 4 saturated carbocycles. The van der Waals surface area contributed by atoms with Gasteiger partial charge in [-0.2, -0.15) is 0 Å². The van der Waals surface area contributed by atoms with E-state index < -0.39 is 23.2 Å². The highest BCUT2D eigenvalue weighted by atomic mass is 16.3. The molecule has 3 N–H and O–H groups in total. The monoisotopic (exact) mass is 320 g/mol. The Hall–Kier alpha value is -0.380. The van der Waals surface area contributed by atoms with Crippen LogP contribution in [0.25, 0.3) is 0 Å². The molecule has 2 bridgehead atoms. The molecule has 0 unspecified atom stereocenters. The van der Waals surface area contributed by atoms with E-state index in [0.29, 0.717) is 24.7 Å². The van der Waals surface area contributed by atoms with E-state index in [1.807, 2.05) is 13.8 Å². The molecule has 4 fully saturated rings. The molecular weight excluding hydrogens is 288 g/mol. The van der Waals surface area contributed by atoms with E-state index in [1.54, 1.807) is 0 Å². The van der Waals surface area contributed by atoms with E-state index in [1.165, 1.54) is 12.8 Å². The Bertz CT molecular complexity index is 537. The second kappa shape index (κ2) is 4.62. The lowest BCUT2D eigenvalue weighted by atomic mass is 9.63. The summed E-state index contributed by atoms with van der Waals surface area (Å²) in [5.74, 6) is 1.71. The lowest BCUT2D eigenvalue weighted by molar-refractivity contribution is -0.169. The van der Waals surface area contributed by atoms with Gasteiger partial charge < -0.3 is 15.3 Å². The van der Waals surface area contributed by atoms with Crippen molar-refractivity contribution in [2.75, 3.05) is 0 Å². The number of aliphatic hydroxyl groups excluding tert-OH is 2. The minimum atomic E-state index is -1.25. The first-order valence-electron chi connectivity index (χ1n) is 9.40. The van der Waals surface area contributed by atoms with E-state index in [0.717, 1.165) is 24.3 Å². The van der Waals surface area contributed by atoms with Crippen molar-refractivity contribution in [1.29, 1.82) is 0 Å². The van der Waals surface area contributed by atoms with Crippen LogP contribution < -0.4 is 0 Å². The van der Waals surface area contributed by atoms with Gasteiger partial charge in [0.05, 0.1) is 12.2 Å². The molecule has 1 spiro atoms. The second-order valence-corrected chi connectivity index (χ2v) is 9.78. The van der Waals surface area contributed by atoms with Crippen LogP contribution in [0.15, 0.2) is 12.2 Å². The van der Waals surface area contributed by atoms with E-state index in [2.05, 4.69) is 13.5 Å². The Morgan fingerprint density at radius 3 is 2.39 bits per heavy atom. The summed E-state index contributed by atoms with van der Waals surface area (Å²) in [6.07, 6.45) is 4.57. The van der Waals surface area contributed by atoms with E-state index in [4.69, 9.17) is 0 Å². The minimum Gasteiger partial charge on any atom is -0.392 e. The SMILES string of the molecule is C=C1[C@@H]2CC[C@@H]3C[C@@]2(C[C@@H](O)[C@@]2(O)[C@H]1C[C@H](O)C2(C)C)C[C@@H]3C. The predicted octanol–water partition coefficient (Wildman–Crippen LogP) is 2.89. The van der Waals surface area contributed by atoms with Gasteiger partial charge in [0.2, 0.25) is 0 Å². The highest BCUT2D eigenvalue weighted by molar-refractivity contribution is 5.29. The maximum absolute atomic E-state index is 11.6. The van der Waals surface area contributed by atoms with Crippen LogP contribution in [0.4, 0.5) is 0 Å². The number of aliphatic hydroxyl groups is 3. The van der Waals surface area contributed by atoms with Crippen LogP contribution >= 0.6 is 0 Å². The van der Waals surface area contributed by atoms with Gasteiger partial charge in [0, 0.05) is 11.3 Å². The van der Waals surface area contributed by atoms with Gasteiger partial charge in [0.25, 0.3) is 0 Å². The fourth-order valence-electron chi connectivity index (χ4n) is 7.15. The van der Waals surface area contributed by atoms with Crippen molar-refractivity contribution in [2.24, 2.45) is 34.5 Å². The normalized spacial score (nSPS) is 57.7. The van der Waals surface area contributed by atoms with Crippen molar-refractivity contribution in [2.45, 2.75) is 77.1 Å². The highest BCUT2D eigenvalue weighted by Gasteiger charge is 2.68. The maximum Gasteiger partial charge on any atom is 0.105 e. The second-order valence-electron chi connectivity index (χ2n) is 9.78. The fraction of sp³-hybridized carbons (Fsp3) is 0.900. The third-order valence-corrected chi connectivity index (χ3v) is 8.63. The summed E-state index contributed by atoms with van der Waals surface area (Å²) in [4.78, 5) is 0. The molecule has 0 heterocycles. The number of hydrogen-bond donors (Lipinski definition) is 3. The van der Waals surface area contributed by atoms with E-state index in [-0.39, 0.29) is 11.3 Å². The van der Waals surface area contributed by atoms with E-state index >= 15 is 0 Å². The molecule has 8 atom stereocenters. The molecule has 4 aliphatic carbocycles. The largest absolute Gasteiger partial charge is 0.392 e. The van der Waals surface area contributed by atoms with Crippen LogP contribution in [0.2, 0.25) is 0 Å². The van der Waals surface area contributed by atoms with Crippen LogP contribution in [0, 0.1) is 34.5 Å².